The molecule has 7 nitrogen and oxygen atoms in total. The first-order valence-corrected chi connectivity index (χ1v) is 8.36. The fourth-order valence-electron chi connectivity index (χ4n) is 2.20. The van der Waals surface area contributed by atoms with Crippen LogP contribution in [0.5, 0.6) is 0 Å². The molecule has 0 radical (unpaired) electrons. The summed E-state index contributed by atoms with van der Waals surface area (Å²) in [5.41, 5.74) is 2.42. The van der Waals surface area contributed by atoms with Gasteiger partial charge in [-0.25, -0.2) is 4.79 Å². The van der Waals surface area contributed by atoms with Gasteiger partial charge in [-0.1, -0.05) is 19.1 Å². The van der Waals surface area contributed by atoms with Crippen molar-refractivity contribution >= 4 is 11.9 Å². The zero-order valence-corrected chi connectivity index (χ0v) is 14.9. The van der Waals surface area contributed by atoms with Crippen molar-refractivity contribution in [3.63, 3.8) is 0 Å². The van der Waals surface area contributed by atoms with Gasteiger partial charge in [0, 0.05) is 31.4 Å². The molecule has 134 valence electrons. The summed E-state index contributed by atoms with van der Waals surface area (Å²) in [5, 5.41) is 12.5. The fourth-order valence-corrected chi connectivity index (χ4v) is 2.20. The van der Waals surface area contributed by atoms with Crippen LogP contribution < -0.4 is 10.6 Å². The third kappa shape index (κ3) is 5.63. The number of carbonyl (C=O) groups excluding carboxylic acids is 2. The number of carbonyl (C=O) groups is 2. The summed E-state index contributed by atoms with van der Waals surface area (Å²) in [5.74, 6) is -0.0794. The molecule has 1 aromatic heterocycles. The number of aromatic amines is 1. The number of nitrogens with one attached hydrogen (secondary N) is 3. The molecule has 0 bridgehead atoms. The highest BCUT2D eigenvalue weighted by Crippen LogP contribution is 2.06. The first-order valence-electron chi connectivity index (χ1n) is 8.36. The molecule has 3 N–H and O–H groups in total. The second-order valence-corrected chi connectivity index (χ2v) is 6.08. The van der Waals surface area contributed by atoms with E-state index in [9.17, 15) is 9.59 Å². The number of hydrogen-bond donors (Lipinski definition) is 3. The van der Waals surface area contributed by atoms with Gasteiger partial charge in [-0.15, -0.1) is 0 Å². The Morgan fingerprint density at radius 2 is 1.96 bits per heavy atom. The summed E-state index contributed by atoms with van der Waals surface area (Å²) in [6, 6.07) is 9.04. The van der Waals surface area contributed by atoms with Crippen LogP contribution in [0.15, 0.2) is 36.5 Å². The normalized spacial score (nSPS) is 11.6. The Morgan fingerprint density at radius 1 is 1.24 bits per heavy atom. The molecule has 0 spiro atoms. The zero-order valence-electron chi connectivity index (χ0n) is 14.9. The highest BCUT2D eigenvalue weighted by Gasteiger charge is 2.10. The van der Waals surface area contributed by atoms with Gasteiger partial charge in [-0.2, -0.15) is 5.10 Å². The lowest BCUT2D eigenvalue weighted by Crippen LogP contribution is -2.36. The van der Waals surface area contributed by atoms with Gasteiger partial charge in [0.25, 0.3) is 5.91 Å². The van der Waals surface area contributed by atoms with Crippen LogP contribution in [0.2, 0.25) is 0 Å². The smallest absolute Gasteiger partial charge is 0.317 e. The van der Waals surface area contributed by atoms with E-state index in [1.54, 1.807) is 30.3 Å². The molecular formula is C18H25N5O2. The lowest BCUT2D eigenvalue weighted by molar-refractivity contribution is 0.0939. The van der Waals surface area contributed by atoms with Crippen molar-refractivity contribution < 1.29 is 9.59 Å². The molecule has 1 aromatic carbocycles. The Morgan fingerprint density at radius 3 is 2.56 bits per heavy atom. The Balaban J connectivity index is 1.82. The van der Waals surface area contributed by atoms with Crippen LogP contribution in [-0.4, -0.2) is 40.1 Å². The fraction of sp³-hybridized carbons (Fsp3) is 0.389. The Hall–Kier alpha value is -2.83. The van der Waals surface area contributed by atoms with Gasteiger partial charge in [-0.3, -0.25) is 9.89 Å². The molecule has 0 saturated carbocycles. The molecule has 0 unspecified atom stereocenters. The highest BCUT2D eigenvalue weighted by molar-refractivity contribution is 5.94. The Kier molecular flexibility index (Phi) is 6.56. The number of rotatable bonds is 7. The van der Waals surface area contributed by atoms with Crippen LogP contribution in [-0.2, 0) is 13.1 Å². The largest absolute Gasteiger partial charge is 0.350 e. The van der Waals surface area contributed by atoms with E-state index in [4.69, 9.17) is 0 Å². The molecule has 1 heterocycles. The lowest BCUT2D eigenvalue weighted by atomic mass is 10.1. The van der Waals surface area contributed by atoms with Crippen molar-refractivity contribution in [3.8, 4) is 0 Å². The molecule has 2 rings (SSSR count). The number of benzene rings is 1. The van der Waals surface area contributed by atoms with Crippen molar-refractivity contribution in [2.45, 2.75) is 39.4 Å². The molecule has 0 aliphatic heterocycles. The summed E-state index contributed by atoms with van der Waals surface area (Å²) in [7, 11) is 1.72. The lowest BCUT2D eigenvalue weighted by Gasteiger charge is -2.17. The molecule has 3 amide bonds. The van der Waals surface area contributed by atoms with Gasteiger partial charge in [0.05, 0.1) is 12.2 Å². The van der Waals surface area contributed by atoms with E-state index in [1.807, 2.05) is 32.0 Å². The molecule has 0 fully saturated rings. The average Bonchev–Trinajstić information content (AvgIpc) is 3.12. The Labute approximate surface area is 147 Å². The number of nitrogens with zero attached hydrogens (tertiary/aromatic N) is 2. The zero-order chi connectivity index (χ0) is 18.2. The SMILES string of the molecule is CC[C@@H](C)NC(=O)c1ccc(CNC(=O)N(C)Cc2ccn[nH]2)cc1. The summed E-state index contributed by atoms with van der Waals surface area (Å²) in [4.78, 5) is 25.7. The van der Waals surface area contributed by atoms with Crippen molar-refractivity contribution in [1.29, 1.82) is 0 Å². The molecular weight excluding hydrogens is 318 g/mol. The van der Waals surface area contributed by atoms with E-state index in [-0.39, 0.29) is 18.0 Å². The second-order valence-electron chi connectivity index (χ2n) is 6.08. The van der Waals surface area contributed by atoms with Crippen LogP contribution in [0.3, 0.4) is 0 Å². The van der Waals surface area contributed by atoms with E-state index >= 15 is 0 Å². The van der Waals surface area contributed by atoms with Gasteiger partial charge in [0.2, 0.25) is 0 Å². The van der Waals surface area contributed by atoms with Crippen LogP contribution >= 0.6 is 0 Å². The maximum absolute atomic E-state index is 12.1. The minimum absolute atomic E-state index is 0.0794. The topological polar surface area (TPSA) is 90.1 Å². The van der Waals surface area contributed by atoms with Gasteiger partial charge >= 0.3 is 6.03 Å². The van der Waals surface area contributed by atoms with Crippen molar-refractivity contribution in [1.82, 2.24) is 25.7 Å². The molecule has 0 aliphatic carbocycles. The molecule has 1 atom stereocenters. The van der Waals surface area contributed by atoms with Gasteiger partial charge in [-0.05, 0) is 37.1 Å². The molecule has 25 heavy (non-hydrogen) atoms. The van der Waals surface area contributed by atoms with Crippen molar-refractivity contribution in [3.05, 3.63) is 53.3 Å². The Bertz CT molecular complexity index is 682. The number of aromatic nitrogens is 2. The van der Waals surface area contributed by atoms with Crippen LogP contribution in [0.4, 0.5) is 4.79 Å². The standard InChI is InChI=1S/C18H25N5O2/c1-4-13(2)21-17(24)15-7-5-14(6-8-15)11-19-18(25)23(3)12-16-9-10-20-22-16/h5-10,13H,4,11-12H2,1-3H3,(H,19,25)(H,20,22)(H,21,24)/t13-/m1/s1. The minimum Gasteiger partial charge on any atom is -0.350 e. The summed E-state index contributed by atoms with van der Waals surface area (Å²) >= 11 is 0. The predicted molar refractivity (Wildman–Crippen MR) is 96.0 cm³/mol. The summed E-state index contributed by atoms with van der Waals surface area (Å²) < 4.78 is 0. The van der Waals surface area contributed by atoms with E-state index in [1.165, 1.54) is 0 Å². The van der Waals surface area contributed by atoms with E-state index in [0.29, 0.717) is 18.7 Å². The first kappa shape index (κ1) is 18.5. The third-order valence-corrected chi connectivity index (χ3v) is 3.96. The van der Waals surface area contributed by atoms with Crippen LogP contribution in [0.1, 0.15) is 41.9 Å². The van der Waals surface area contributed by atoms with E-state index in [0.717, 1.165) is 17.7 Å². The summed E-state index contributed by atoms with van der Waals surface area (Å²) in [6.07, 6.45) is 2.54. The van der Waals surface area contributed by atoms with Crippen molar-refractivity contribution in [2.24, 2.45) is 0 Å². The molecule has 0 saturated heterocycles. The third-order valence-electron chi connectivity index (χ3n) is 3.96. The number of hydrogen-bond acceptors (Lipinski definition) is 3. The molecule has 0 aliphatic rings. The highest BCUT2D eigenvalue weighted by atomic mass is 16.2. The monoisotopic (exact) mass is 343 g/mol. The van der Waals surface area contributed by atoms with Crippen molar-refractivity contribution in [2.75, 3.05) is 7.05 Å². The predicted octanol–water partition coefficient (Wildman–Crippen LogP) is 2.28. The number of amides is 3. The quantitative estimate of drug-likeness (QED) is 0.720. The number of H-pyrrole nitrogens is 1. The summed E-state index contributed by atoms with van der Waals surface area (Å²) in [6.45, 7) is 4.86. The van der Waals surface area contributed by atoms with E-state index < -0.39 is 0 Å². The minimum atomic E-state index is -0.173. The van der Waals surface area contributed by atoms with Gasteiger partial charge < -0.3 is 15.5 Å². The second kappa shape index (κ2) is 8.86. The van der Waals surface area contributed by atoms with Crippen LogP contribution in [0.25, 0.3) is 0 Å². The number of urea groups is 1. The van der Waals surface area contributed by atoms with Crippen LogP contribution in [0, 0.1) is 0 Å². The molecule has 7 heteroatoms. The maximum atomic E-state index is 12.1. The van der Waals surface area contributed by atoms with Gasteiger partial charge in [0.15, 0.2) is 0 Å². The molecule has 2 aromatic rings. The van der Waals surface area contributed by atoms with Gasteiger partial charge in [0.1, 0.15) is 0 Å². The first-order chi connectivity index (χ1) is 12.0. The average molecular weight is 343 g/mol. The van der Waals surface area contributed by atoms with E-state index in [2.05, 4.69) is 20.8 Å². The maximum Gasteiger partial charge on any atom is 0.317 e.